The van der Waals surface area contributed by atoms with Gasteiger partial charge < -0.3 is 9.88 Å². The van der Waals surface area contributed by atoms with Gasteiger partial charge in [0.05, 0.1) is 6.54 Å². The zero-order chi connectivity index (χ0) is 16.9. The van der Waals surface area contributed by atoms with E-state index in [4.69, 9.17) is 0 Å². The molecule has 1 aliphatic heterocycles. The average molecular weight is 330 g/mol. The molecule has 0 aliphatic carbocycles. The molecule has 0 radical (unpaired) electrons. The van der Waals surface area contributed by atoms with E-state index < -0.39 is 0 Å². The molecular formula is C18H23FN4O. The molecule has 0 saturated carbocycles. The highest BCUT2D eigenvalue weighted by molar-refractivity contribution is 5.78. The summed E-state index contributed by atoms with van der Waals surface area (Å²) >= 11 is 0. The molecule has 1 unspecified atom stereocenters. The fraction of sp³-hybridized carbons (Fsp3) is 0.444. The minimum Gasteiger partial charge on any atom is -0.348 e. The molecule has 1 atom stereocenters. The smallest absolute Gasteiger partial charge is 0.236 e. The Labute approximate surface area is 141 Å². The van der Waals surface area contributed by atoms with E-state index in [1.807, 2.05) is 23.0 Å². The van der Waals surface area contributed by atoms with E-state index in [0.29, 0.717) is 19.0 Å². The van der Waals surface area contributed by atoms with Gasteiger partial charge in [0.1, 0.15) is 11.6 Å². The number of hydrogen-bond donors (Lipinski definition) is 1. The van der Waals surface area contributed by atoms with Crippen LogP contribution in [0.25, 0.3) is 0 Å². The lowest BCUT2D eigenvalue weighted by Gasteiger charge is -2.33. The van der Waals surface area contributed by atoms with Crippen LogP contribution >= 0.6 is 0 Å². The van der Waals surface area contributed by atoms with Crippen LogP contribution in [-0.4, -0.2) is 52.4 Å². The lowest BCUT2D eigenvalue weighted by Crippen LogP contribution is -2.43. The van der Waals surface area contributed by atoms with Crippen LogP contribution in [0, 0.1) is 5.82 Å². The average Bonchev–Trinajstić information content (AvgIpc) is 3.11. The van der Waals surface area contributed by atoms with Crippen molar-refractivity contribution in [2.45, 2.75) is 25.3 Å². The second-order valence-corrected chi connectivity index (χ2v) is 6.45. The van der Waals surface area contributed by atoms with Crippen molar-refractivity contribution in [1.29, 1.82) is 0 Å². The summed E-state index contributed by atoms with van der Waals surface area (Å²) in [6.45, 7) is 2.51. The van der Waals surface area contributed by atoms with Crippen LogP contribution in [0.3, 0.4) is 0 Å². The van der Waals surface area contributed by atoms with E-state index in [2.05, 4.69) is 9.97 Å². The maximum atomic E-state index is 12.9. The standard InChI is InChI=1S/C18H23FN4O/c1-22(11-14-4-6-16(19)7-5-14)13-17(24)23-10-2-3-15(12-23)18-20-8-9-21-18/h4-9,15H,2-3,10-13H2,1H3,(H,20,21). The molecule has 1 fully saturated rings. The molecule has 24 heavy (non-hydrogen) atoms. The Morgan fingerprint density at radius 1 is 1.42 bits per heavy atom. The molecule has 2 aromatic rings. The van der Waals surface area contributed by atoms with Gasteiger partial charge in [0.2, 0.25) is 5.91 Å². The highest BCUT2D eigenvalue weighted by Crippen LogP contribution is 2.24. The molecule has 2 heterocycles. The maximum absolute atomic E-state index is 12.9. The number of H-pyrrole nitrogens is 1. The molecule has 1 saturated heterocycles. The van der Waals surface area contributed by atoms with Gasteiger partial charge >= 0.3 is 0 Å². The summed E-state index contributed by atoms with van der Waals surface area (Å²) in [5.41, 5.74) is 0.999. The fourth-order valence-corrected chi connectivity index (χ4v) is 3.22. The number of piperidine rings is 1. The summed E-state index contributed by atoms with van der Waals surface area (Å²) in [6, 6.07) is 6.40. The Morgan fingerprint density at radius 2 is 2.21 bits per heavy atom. The van der Waals surface area contributed by atoms with Gasteiger partial charge in [-0.15, -0.1) is 0 Å². The Hall–Kier alpha value is -2.21. The van der Waals surface area contributed by atoms with Crippen LogP contribution in [0.2, 0.25) is 0 Å². The highest BCUT2D eigenvalue weighted by atomic mass is 19.1. The van der Waals surface area contributed by atoms with Crippen LogP contribution in [-0.2, 0) is 11.3 Å². The van der Waals surface area contributed by atoms with Crippen molar-refractivity contribution in [1.82, 2.24) is 19.8 Å². The molecule has 1 amide bonds. The minimum absolute atomic E-state index is 0.135. The topological polar surface area (TPSA) is 52.2 Å². The van der Waals surface area contributed by atoms with Gasteiger partial charge in [-0.3, -0.25) is 9.69 Å². The lowest BCUT2D eigenvalue weighted by atomic mass is 9.97. The molecule has 0 bridgehead atoms. The van der Waals surface area contributed by atoms with Gasteiger partial charge in [0.15, 0.2) is 0 Å². The number of nitrogens with zero attached hydrogens (tertiary/aromatic N) is 3. The quantitative estimate of drug-likeness (QED) is 0.916. The van der Waals surface area contributed by atoms with Crippen LogP contribution in [0.1, 0.15) is 30.1 Å². The van der Waals surface area contributed by atoms with Gasteiger partial charge in [-0.05, 0) is 37.6 Å². The van der Waals surface area contributed by atoms with Crippen molar-refractivity contribution in [3.05, 3.63) is 53.9 Å². The molecule has 6 heteroatoms. The zero-order valence-electron chi connectivity index (χ0n) is 13.9. The molecule has 1 N–H and O–H groups in total. The predicted molar refractivity (Wildman–Crippen MR) is 89.9 cm³/mol. The Bertz CT molecular complexity index is 656. The Kier molecular flexibility index (Phi) is 5.25. The third kappa shape index (κ3) is 4.20. The van der Waals surface area contributed by atoms with Crippen LogP contribution in [0.5, 0.6) is 0 Å². The van der Waals surface area contributed by atoms with Crippen LogP contribution < -0.4 is 0 Å². The molecule has 1 aromatic heterocycles. The van der Waals surface area contributed by atoms with Gasteiger partial charge in [0, 0.05) is 37.9 Å². The number of aromatic nitrogens is 2. The lowest BCUT2D eigenvalue weighted by molar-refractivity contribution is -0.133. The molecule has 128 valence electrons. The summed E-state index contributed by atoms with van der Waals surface area (Å²) in [6.07, 6.45) is 5.64. The van der Waals surface area contributed by atoms with E-state index in [0.717, 1.165) is 37.3 Å². The number of benzene rings is 1. The van der Waals surface area contributed by atoms with Gasteiger partial charge in [-0.1, -0.05) is 12.1 Å². The molecule has 0 spiro atoms. The Morgan fingerprint density at radius 3 is 2.92 bits per heavy atom. The molecule has 1 aromatic carbocycles. The third-order valence-corrected chi connectivity index (χ3v) is 4.45. The predicted octanol–water partition coefficient (Wildman–Crippen LogP) is 2.39. The minimum atomic E-state index is -0.241. The van der Waals surface area contributed by atoms with E-state index >= 15 is 0 Å². The second-order valence-electron chi connectivity index (χ2n) is 6.45. The monoisotopic (exact) mass is 330 g/mol. The fourth-order valence-electron chi connectivity index (χ4n) is 3.22. The summed E-state index contributed by atoms with van der Waals surface area (Å²) in [5, 5.41) is 0. The number of halogens is 1. The SMILES string of the molecule is CN(CC(=O)N1CCCC(c2ncc[nH]2)C1)Cc1ccc(F)cc1. The number of carbonyl (C=O) groups excluding carboxylic acids is 1. The van der Waals surface area contributed by atoms with E-state index in [-0.39, 0.29) is 11.7 Å². The zero-order valence-corrected chi connectivity index (χ0v) is 13.9. The number of aromatic amines is 1. The first-order valence-corrected chi connectivity index (χ1v) is 8.32. The maximum Gasteiger partial charge on any atom is 0.236 e. The number of rotatable bonds is 5. The highest BCUT2D eigenvalue weighted by Gasteiger charge is 2.26. The third-order valence-electron chi connectivity index (χ3n) is 4.45. The van der Waals surface area contributed by atoms with Crippen molar-refractivity contribution in [2.24, 2.45) is 0 Å². The molecule has 1 aliphatic rings. The summed E-state index contributed by atoms with van der Waals surface area (Å²) in [4.78, 5) is 23.9. The number of imidazole rings is 1. The first-order valence-electron chi connectivity index (χ1n) is 8.32. The normalized spacial score (nSPS) is 18.1. The first kappa shape index (κ1) is 16.6. The van der Waals surface area contributed by atoms with Crippen molar-refractivity contribution < 1.29 is 9.18 Å². The van der Waals surface area contributed by atoms with Crippen molar-refractivity contribution in [3.8, 4) is 0 Å². The van der Waals surface area contributed by atoms with Gasteiger partial charge in [-0.25, -0.2) is 9.37 Å². The largest absolute Gasteiger partial charge is 0.348 e. The van der Waals surface area contributed by atoms with Crippen molar-refractivity contribution >= 4 is 5.91 Å². The van der Waals surface area contributed by atoms with Crippen LogP contribution in [0.15, 0.2) is 36.7 Å². The number of nitrogens with one attached hydrogen (secondary N) is 1. The van der Waals surface area contributed by atoms with Crippen LogP contribution in [0.4, 0.5) is 4.39 Å². The van der Waals surface area contributed by atoms with Gasteiger partial charge in [0.25, 0.3) is 0 Å². The summed E-state index contributed by atoms with van der Waals surface area (Å²) in [7, 11) is 1.91. The summed E-state index contributed by atoms with van der Waals surface area (Å²) < 4.78 is 12.9. The second kappa shape index (κ2) is 7.57. The van der Waals surface area contributed by atoms with E-state index in [1.54, 1.807) is 18.3 Å². The molecule has 5 nitrogen and oxygen atoms in total. The number of amides is 1. The van der Waals surface area contributed by atoms with Crippen molar-refractivity contribution in [3.63, 3.8) is 0 Å². The number of hydrogen-bond acceptors (Lipinski definition) is 3. The number of likely N-dealkylation sites (N-methyl/N-ethyl adjacent to an activating group) is 1. The van der Waals surface area contributed by atoms with E-state index in [1.165, 1.54) is 12.1 Å². The Balaban J connectivity index is 1.53. The molecular weight excluding hydrogens is 307 g/mol. The summed E-state index contributed by atoms with van der Waals surface area (Å²) in [5.74, 6) is 1.15. The van der Waals surface area contributed by atoms with Gasteiger partial charge in [-0.2, -0.15) is 0 Å². The number of carbonyl (C=O) groups is 1. The van der Waals surface area contributed by atoms with E-state index in [9.17, 15) is 9.18 Å². The number of likely N-dealkylation sites (tertiary alicyclic amines) is 1. The van der Waals surface area contributed by atoms with Crippen molar-refractivity contribution in [2.75, 3.05) is 26.7 Å². The first-order chi connectivity index (χ1) is 11.6. The molecule has 3 rings (SSSR count).